The van der Waals surface area contributed by atoms with E-state index in [2.05, 4.69) is 50.3 Å². The third-order valence-corrected chi connectivity index (χ3v) is 5.39. The molecule has 0 spiro atoms. The van der Waals surface area contributed by atoms with E-state index in [4.69, 9.17) is 0 Å². The van der Waals surface area contributed by atoms with Crippen molar-refractivity contribution in [2.45, 2.75) is 57.5 Å². The minimum atomic E-state index is 0.532. The maximum atomic E-state index is 4.62. The summed E-state index contributed by atoms with van der Waals surface area (Å²) in [5.41, 5.74) is 0.906. The molecule has 23 heavy (non-hydrogen) atoms. The Balaban J connectivity index is 1.57. The number of nitrogens with zero attached hydrogens (tertiary/aromatic N) is 6. The molecule has 0 radical (unpaired) electrons. The predicted octanol–water partition coefficient (Wildman–Crippen LogP) is 2.31. The summed E-state index contributed by atoms with van der Waals surface area (Å²) in [6, 6.07) is 1.17. The highest BCUT2D eigenvalue weighted by Crippen LogP contribution is 2.39. The van der Waals surface area contributed by atoms with Crippen LogP contribution in [0.5, 0.6) is 0 Å². The molecule has 0 N–H and O–H groups in total. The molecule has 6 heteroatoms. The van der Waals surface area contributed by atoms with E-state index in [1.807, 2.05) is 12.4 Å². The summed E-state index contributed by atoms with van der Waals surface area (Å²) < 4.78 is 2.14. The molecular formula is C17H26N6. The zero-order chi connectivity index (χ0) is 16.0. The molecule has 124 valence electrons. The summed E-state index contributed by atoms with van der Waals surface area (Å²) in [5.74, 6) is 2.67. The fraction of sp³-hybridized carbons (Fsp3) is 0.706. The minimum Gasteiger partial charge on any atom is -0.353 e. The number of anilines is 1. The number of piperidine rings is 1. The van der Waals surface area contributed by atoms with Crippen molar-refractivity contribution in [1.29, 1.82) is 0 Å². The maximum Gasteiger partial charge on any atom is 0.203 e. The van der Waals surface area contributed by atoms with Crippen LogP contribution in [0.15, 0.2) is 12.4 Å². The van der Waals surface area contributed by atoms with E-state index in [0.29, 0.717) is 18.0 Å². The Bertz CT molecular complexity index is 681. The molecule has 0 bridgehead atoms. The standard InChI is InChI=1S/C17H26N6/c1-12(2)22-9-6-14(7-10-22)21(3)16-17-20-19-15(13-4-5-13)23(17)11-8-18-16/h8,11-14H,4-7,9-10H2,1-3H3. The summed E-state index contributed by atoms with van der Waals surface area (Å²) >= 11 is 0. The van der Waals surface area contributed by atoms with Crippen LogP contribution < -0.4 is 4.90 Å². The van der Waals surface area contributed by atoms with Crippen LogP contribution in [-0.2, 0) is 0 Å². The first kappa shape index (κ1) is 14.9. The first-order valence-electron chi connectivity index (χ1n) is 8.81. The number of aromatic nitrogens is 4. The first-order chi connectivity index (χ1) is 11.1. The smallest absolute Gasteiger partial charge is 0.203 e. The van der Waals surface area contributed by atoms with Crippen molar-refractivity contribution in [2.24, 2.45) is 0 Å². The maximum absolute atomic E-state index is 4.62. The van der Waals surface area contributed by atoms with Gasteiger partial charge in [-0.15, -0.1) is 10.2 Å². The van der Waals surface area contributed by atoms with Gasteiger partial charge in [0.25, 0.3) is 0 Å². The van der Waals surface area contributed by atoms with Gasteiger partial charge in [0, 0.05) is 50.5 Å². The molecule has 0 unspecified atom stereocenters. The van der Waals surface area contributed by atoms with E-state index >= 15 is 0 Å². The molecule has 4 rings (SSSR count). The molecule has 2 aromatic rings. The second kappa shape index (κ2) is 5.74. The van der Waals surface area contributed by atoms with Crippen molar-refractivity contribution in [3.63, 3.8) is 0 Å². The van der Waals surface area contributed by atoms with Crippen molar-refractivity contribution >= 4 is 11.5 Å². The van der Waals surface area contributed by atoms with Gasteiger partial charge in [-0.3, -0.25) is 4.40 Å². The van der Waals surface area contributed by atoms with Crippen LogP contribution in [0.1, 0.15) is 51.3 Å². The summed E-state index contributed by atoms with van der Waals surface area (Å²) in [4.78, 5) is 9.49. The lowest BCUT2D eigenvalue weighted by Crippen LogP contribution is -2.46. The van der Waals surface area contributed by atoms with E-state index in [1.165, 1.54) is 25.7 Å². The van der Waals surface area contributed by atoms with Gasteiger partial charge in [0.05, 0.1) is 0 Å². The van der Waals surface area contributed by atoms with Gasteiger partial charge in [-0.25, -0.2) is 4.98 Å². The molecule has 3 heterocycles. The van der Waals surface area contributed by atoms with Gasteiger partial charge >= 0.3 is 0 Å². The van der Waals surface area contributed by atoms with Gasteiger partial charge in [0.15, 0.2) is 5.82 Å². The quantitative estimate of drug-likeness (QED) is 0.867. The summed E-state index contributed by atoms with van der Waals surface area (Å²) in [7, 11) is 2.16. The second-order valence-electron chi connectivity index (χ2n) is 7.25. The monoisotopic (exact) mass is 314 g/mol. The molecule has 0 aromatic carbocycles. The number of likely N-dealkylation sites (tertiary alicyclic amines) is 1. The fourth-order valence-electron chi connectivity index (χ4n) is 3.66. The molecule has 0 amide bonds. The molecule has 1 aliphatic carbocycles. The van der Waals surface area contributed by atoms with Crippen LogP contribution in [0.3, 0.4) is 0 Å². The zero-order valence-electron chi connectivity index (χ0n) is 14.3. The summed E-state index contributed by atoms with van der Waals surface area (Å²) in [6.45, 7) is 6.88. The van der Waals surface area contributed by atoms with Crippen molar-refractivity contribution in [1.82, 2.24) is 24.5 Å². The van der Waals surface area contributed by atoms with Gasteiger partial charge in [0.2, 0.25) is 5.65 Å². The largest absolute Gasteiger partial charge is 0.353 e. The highest BCUT2D eigenvalue weighted by atomic mass is 15.3. The molecule has 2 fully saturated rings. The topological polar surface area (TPSA) is 49.6 Å². The fourth-order valence-corrected chi connectivity index (χ4v) is 3.66. The Morgan fingerprint density at radius 2 is 1.87 bits per heavy atom. The molecule has 0 atom stereocenters. The highest BCUT2D eigenvalue weighted by molar-refractivity contribution is 5.64. The van der Waals surface area contributed by atoms with Gasteiger partial charge in [-0.05, 0) is 39.5 Å². The lowest BCUT2D eigenvalue weighted by atomic mass is 10.0. The van der Waals surface area contributed by atoms with Crippen molar-refractivity contribution < 1.29 is 0 Å². The number of fused-ring (bicyclic) bond motifs is 1. The average molecular weight is 314 g/mol. The Labute approximate surface area is 137 Å². The SMILES string of the molecule is CC(C)N1CCC(N(C)c2nccn3c(C4CC4)nnc23)CC1. The summed E-state index contributed by atoms with van der Waals surface area (Å²) in [5, 5.41) is 8.86. The summed E-state index contributed by atoms with van der Waals surface area (Å²) in [6.07, 6.45) is 8.73. The number of rotatable bonds is 4. The Hall–Kier alpha value is -1.69. The number of hydrogen-bond donors (Lipinski definition) is 0. The normalized spacial score (nSPS) is 20.5. The lowest BCUT2D eigenvalue weighted by molar-refractivity contribution is 0.171. The Kier molecular flexibility index (Phi) is 3.71. The predicted molar refractivity (Wildman–Crippen MR) is 90.9 cm³/mol. The Morgan fingerprint density at radius 3 is 2.52 bits per heavy atom. The van der Waals surface area contributed by atoms with Crippen LogP contribution in [0.2, 0.25) is 0 Å². The molecular weight excluding hydrogens is 288 g/mol. The third kappa shape index (κ3) is 2.69. The van der Waals surface area contributed by atoms with Crippen LogP contribution >= 0.6 is 0 Å². The molecule has 1 saturated carbocycles. The molecule has 6 nitrogen and oxygen atoms in total. The lowest BCUT2D eigenvalue weighted by Gasteiger charge is -2.38. The van der Waals surface area contributed by atoms with E-state index < -0.39 is 0 Å². The van der Waals surface area contributed by atoms with Gasteiger partial charge in [-0.2, -0.15) is 0 Å². The highest BCUT2D eigenvalue weighted by Gasteiger charge is 2.30. The minimum absolute atomic E-state index is 0.532. The van der Waals surface area contributed by atoms with E-state index in [-0.39, 0.29) is 0 Å². The number of hydrogen-bond acceptors (Lipinski definition) is 5. The van der Waals surface area contributed by atoms with Crippen molar-refractivity contribution in [3.05, 3.63) is 18.2 Å². The molecule has 1 saturated heterocycles. The van der Waals surface area contributed by atoms with Crippen LogP contribution in [0.4, 0.5) is 5.82 Å². The van der Waals surface area contributed by atoms with Crippen molar-refractivity contribution in [2.75, 3.05) is 25.0 Å². The first-order valence-corrected chi connectivity index (χ1v) is 8.81. The van der Waals surface area contributed by atoms with Gasteiger partial charge < -0.3 is 9.80 Å². The molecule has 2 aromatic heterocycles. The molecule has 2 aliphatic rings. The van der Waals surface area contributed by atoms with Gasteiger partial charge in [-0.1, -0.05) is 0 Å². The van der Waals surface area contributed by atoms with Crippen LogP contribution in [-0.4, -0.2) is 56.7 Å². The average Bonchev–Trinajstić information content (AvgIpc) is 3.32. The van der Waals surface area contributed by atoms with Gasteiger partial charge in [0.1, 0.15) is 5.82 Å². The Morgan fingerprint density at radius 1 is 1.13 bits per heavy atom. The van der Waals surface area contributed by atoms with E-state index in [9.17, 15) is 0 Å². The van der Waals surface area contributed by atoms with Crippen LogP contribution in [0.25, 0.3) is 5.65 Å². The zero-order valence-corrected chi connectivity index (χ0v) is 14.3. The molecule has 1 aliphatic heterocycles. The third-order valence-electron chi connectivity index (χ3n) is 5.39. The second-order valence-corrected chi connectivity index (χ2v) is 7.25. The van der Waals surface area contributed by atoms with E-state index in [1.54, 1.807) is 0 Å². The van der Waals surface area contributed by atoms with Crippen molar-refractivity contribution in [3.8, 4) is 0 Å². The van der Waals surface area contributed by atoms with E-state index in [0.717, 1.165) is 30.4 Å². The van der Waals surface area contributed by atoms with Crippen LogP contribution in [0, 0.1) is 0 Å².